The fourth-order valence-corrected chi connectivity index (χ4v) is 3.99. The Morgan fingerprint density at radius 2 is 2.10 bits per heavy atom. The summed E-state index contributed by atoms with van der Waals surface area (Å²) in [7, 11) is 0. The second kappa shape index (κ2) is 6.06. The summed E-state index contributed by atoms with van der Waals surface area (Å²) in [4.78, 5) is 1.46. The molecule has 1 aliphatic rings. The molecule has 0 radical (unpaired) electrons. The van der Waals surface area contributed by atoms with Gasteiger partial charge in [0.05, 0.1) is 0 Å². The Kier molecular flexibility index (Phi) is 4.18. The Balaban J connectivity index is 1.64. The molecule has 1 aliphatic heterocycles. The van der Waals surface area contributed by atoms with Crippen LogP contribution in [0.25, 0.3) is 0 Å². The molecular weight excluding hydrogens is 264 g/mol. The molecule has 0 aliphatic carbocycles. The van der Waals surface area contributed by atoms with Crippen molar-refractivity contribution in [1.82, 2.24) is 9.88 Å². The first-order chi connectivity index (χ1) is 9.72. The number of aromatic nitrogens is 1. The van der Waals surface area contributed by atoms with Gasteiger partial charge in [0.15, 0.2) is 0 Å². The molecule has 106 valence electrons. The standard InChI is InChI=1S/C17H22N2S/c1-13(2)18-11-15-7-5-9-19(15)12-16-10-14-6-3-4-8-17(14)20-16/h3-9,13,16,18H,10-12H2,1-2H3. The van der Waals surface area contributed by atoms with Crippen molar-refractivity contribution < 1.29 is 0 Å². The van der Waals surface area contributed by atoms with Gasteiger partial charge in [-0.1, -0.05) is 32.0 Å². The van der Waals surface area contributed by atoms with Crippen LogP contribution < -0.4 is 5.32 Å². The Bertz CT molecular complexity index is 549. The number of nitrogens with one attached hydrogen (secondary N) is 1. The third kappa shape index (κ3) is 3.10. The number of nitrogens with zero attached hydrogens (tertiary/aromatic N) is 1. The first-order valence-corrected chi connectivity index (χ1v) is 8.22. The molecule has 2 heterocycles. The smallest absolute Gasteiger partial charge is 0.0361 e. The molecule has 1 unspecified atom stereocenters. The quantitative estimate of drug-likeness (QED) is 0.902. The van der Waals surface area contributed by atoms with Crippen molar-refractivity contribution in [3.8, 4) is 0 Å². The maximum absolute atomic E-state index is 3.50. The third-order valence-electron chi connectivity index (χ3n) is 3.73. The lowest BCUT2D eigenvalue weighted by molar-refractivity contribution is 0.550. The zero-order valence-corrected chi connectivity index (χ0v) is 13.0. The number of hydrogen-bond acceptors (Lipinski definition) is 2. The lowest BCUT2D eigenvalue weighted by atomic mass is 10.1. The van der Waals surface area contributed by atoms with Gasteiger partial charge >= 0.3 is 0 Å². The predicted molar refractivity (Wildman–Crippen MR) is 86.2 cm³/mol. The molecule has 0 amide bonds. The molecule has 0 fully saturated rings. The van der Waals surface area contributed by atoms with Crippen LogP contribution in [-0.2, 0) is 19.5 Å². The van der Waals surface area contributed by atoms with Crippen molar-refractivity contribution in [2.45, 2.75) is 49.5 Å². The molecule has 2 aromatic rings. The van der Waals surface area contributed by atoms with E-state index in [-0.39, 0.29) is 0 Å². The van der Waals surface area contributed by atoms with Gasteiger partial charge in [0.2, 0.25) is 0 Å². The Hall–Kier alpha value is -1.19. The molecule has 1 aromatic heterocycles. The second-order valence-corrected chi connectivity index (χ2v) is 7.08. The Morgan fingerprint density at radius 3 is 2.90 bits per heavy atom. The molecule has 1 N–H and O–H groups in total. The SMILES string of the molecule is CC(C)NCc1cccn1CC1Cc2ccccc2S1. The van der Waals surface area contributed by atoms with Crippen molar-refractivity contribution in [1.29, 1.82) is 0 Å². The van der Waals surface area contributed by atoms with Gasteiger partial charge in [0, 0.05) is 41.2 Å². The lowest BCUT2D eigenvalue weighted by Crippen LogP contribution is -2.24. The fourth-order valence-electron chi connectivity index (χ4n) is 2.67. The number of rotatable bonds is 5. The van der Waals surface area contributed by atoms with Crippen molar-refractivity contribution >= 4 is 11.8 Å². The normalized spacial score (nSPS) is 17.6. The van der Waals surface area contributed by atoms with Crippen molar-refractivity contribution in [2.75, 3.05) is 0 Å². The highest BCUT2D eigenvalue weighted by Gasteiger charge is 2.22. The molecule has 0 saturated heterocycles. The molecule has 0 spiro atoms. The highest BCUT2D eigenvalue weighted by Crippen LogP contribution is 2.37. The summed E-state index contributed by atoms with van der Waals surface area (Å²) in [5, 5.41) is 4.17. The first-order valence-electron chi connectivity index (χ1n) is 7.34. The largest absolute Gasteiger partial charge is 0.349 e. The molecule has 1 aromatic carbocycles. The van der Waals surface area contributed by atoms with E-state index in [1.165, 1.54) is 22.6 Å². The summed E-state index contributed by atoms with van der Waals surface area (Å²) < 4.78 is 2.40. The van der Waals surface area contributed by atoms with Crippen LogP contribution >= 0.6 is 11.8 Å². The van der Waals surface area contributed by atoms with Gasteiger partial charge in [0.1, 0.15) is 0 Å². The number of hydrogen-bond donors (Lipinski definition) is 1. The highest BCUT2D eigenvalue weighted by atomic mass is 32.2. The molecule has 20 heavy (non-hydrogen) atoms. The van der Waals surface area contributed by atoms with E-state index >= 15 is 0 Å². The van der Waals surface area contributed by atoms with E-state index in [9.17, 15) is 0 Å². The van der Waals surface area contributed by atoms with Crippen LogP contribution in [0.2, 0.25) is 0 Å². The van der Waals surface area contributed by atoms with E-state index in [1.54, 1.807) is 0 Å². The maximum Gasteiger partial charge on any atom is 0.0361 e. The predicted octanol–water partition coefficient (Wildman–Crippen LogP) is 3.70. The summed E-state index contributed by atoms with van der Waals surface area (Å²) >= 11 is 2.03. The molecule has 2 nitrogen and oxygen atoms in total. The van der Waals surface area contributed by atoms with E-state index in [1.807, 2.05) is 11.8 Å². The van der Waals surface area contributed by atoms with Crippen LogP contribution in [-0.4, -0.2) is 15.9 Å². The summed E-state index contributed by atoms with van der Waals surface area (Å²) in [6.07, 6.45) is 3.40. The fraction of sp³-hybridized carbons (Fsp3) is 0.412. The van der Waals surface area contributed by atoms with E-state index < -0.39 is 0 Å². The van der Waals surface area contributed by atoms with Crippen molar-refractivity contribution in [2.24, 2.45) is 0 Å². The van der Waals surface area contributed by atoms with E-state index in [0.717, 1.165) is 13.1 Å². The van der Waals surface area contributed by atoms with E-state index in [2.05, 4.69) is 66.3 Å². The van der Waals surface area contributed by atoms with Crippen LogP contribution in [0.4, 0.5) is 0 Å². The van der Waals surface area contributed by atoms with Crippen molar-refractivity contribution in [3.63, 3.8) is 0 Å². The lowest BCUT2D eigenvalue weighted by Gasteiger charge is -2.15. The van der Waals surface area contributed by atoms with Crippen molar-refractivity contribution in [3.05, 3.63) is 53.9 Å². The molecule has 0 saturated carbocycles. The van der Waals surface area contributed by atoms with Crippen LogP contribution in [0.5, 0.6) is 0 Å². The minimum absolute atomic E-state index is 0.531. The van der Waals surface area contributed by atoms with Crippen LogP contribution in [0.3, 0.4) is 0 Å². The summed E-state index contributed by atoms with van der Waals surface area (Å²) in [6, 6.07) is 13.7. The van der Waals surface area contributed by atoms with Gasteiger partial charge in [-0.05, 0) is 30.2 Å². The third-order valence-corrected chi connectivity index (χ3v) is 5.03. The van der Waals surface area contributed by atoms with Gasteiger partial charge in [-0.25, -0.2) is 0 Å². The van der Waals surface area contributed by atoms with Gasteiger partial charge in [-0.3, -0.25) is 0 Å². The molecule has 1 atom stereocenters. The minimum atomic E-state index is 0.531. The Labute approximate surface area is 125 Å². The first kappa shape index (κ1) is 13.8. The summed E-state index contributed by atoms with van der Waals surface area (Å²) in [5.74, 6) is 0. The molecule has 3 heteroatoms. The van der Waals surface area contributed by atoms with Gasteiger partial charge in [0.25, 0.3) is 0 Å². The highest BCUT2D eigenvalue weighted by molar-refractivity contribution is 8.00. The van der Waals surface area contributed by atoms with Gasteiger partial charge in [-0.2, -0.15) is 0 Å². The zero-order chi connectivity index (χ0) is 13.9. The average molecular weight is 286 g/mol. The van der Waals surface area contributed by atoms with E-state index in [0.29, 0.717) is 11.3 Å². The van der Waals surface area contributed by atoms with E-state index in [4.69, 9.17) is 0 Å². The Morgan fingerprint density at radius 1 is 1.25 bits per heavy atom. The monoisotopic (exact) mass is 286 g/mol. The molecular formula is C17H22N2S. The average Bonchev–Trinajstić information content (AvgIpc) is 3.02. The minimum Gasteiger partial charge on any atom is -0.349 e. The van der Waals surface area contributed by atoms with Gasteiger partial charge in [-0.15, -0.1) is 11.8 Å². The number of benzene rings is 1. The van der Waals surface area contributed by atoms with Gasteiger partial charge < -0.3 is 9.88 Å². The topological polar surface area (TPSA) is 17.0 Å². The van der Waals surface area contributed by atoms with Crippen LogP contribution in [0.1, 0.15) is 25.1 Å². The maximum atomic E-state index is 3.50. The number of fused-ring (bicyclic) bond motifs is 1. The molecule has 3 rings (SSSR count). The number of thioether (sulfide) groups is 1. The van der Waals surface area contributed by atoms with Crippen LogP contribution in [0, 0.1) is 0 Å². The summed E-state index contributed by atoms with van der Waals surface area (Å²) in [5.41, 5.74) is 2.90. The molecule has 0 bridgehead atoms. The van der Waals surface area contributed by atoms with Crippen LogP contribution in [0.15, 0.2) is 47.5 Å². The zero-order valence-electron chi connectivity index (χ0n) is 12.2. The second-order valence-electron chi connectivity index (χ2n) is 5.74. The summed E-state index contributed by atoms with van der Waals surface area (Å²) in [6.45, 7) is 6.43.